The van der Waals surface area contributed by atoms with Gasteiger partial charge in [0, 0.05) is 38.5 Å². The maximum absolute atomic E-state index is 11.7. The number of aliphatic hydroxyl groups is 4. The number of hydrogen-bond donors (Lipinski definition) is 4. The average Bonchev–Trinajstić information content (AvgIpc) is 0.752. The van der Waals surface area contributed by atoms with Crippen LogP contribution in [0.2, 0.25) is 49.4 Å². The summed E-state index contributed by atoms with van der Waals surface area (Å²) in [4.78, 5) is 33.9. The first-order chi connectivity index (χ1) is 51.4. The highest BCUT2D eigenvalue weighted by atomic mass is 127. The van der Waals surface area contributed by atoms with Crippen LogP contribution in [0.5, 0.6) is 0 Å². The Morgan fingerprint density at radius 2 is 0.752 bits per heavy atom. The van der Waals surface area contributed by atoms with Crippen LogP contribution in [0.15, 0.2) is 192 Å². The second-order valence-electron chi connectivity index (χ2n) is 30.9. The minimum Gasteiger partial charge on any atom is -0.463 e. The molecule has 0 aromatic heterocycles. The van der Waals surface area contributed by atoms with E-state index in [-0.39, 0.29) is 77.8 Å². The molecular formula is C92H125IO12Si4. The summed E-state index contributed by atoms with van der Waals surface area (Å²) < 4.78 is 31.6. The molecule has 0 amide bonds. The summed E-state index contributed by atoms with van der Waals surface area (Å²) in [5, 5.41) is 42.9. The van der Waals surface area contributed by atoms with Crippen molar-refractivity contribution in [3.8, 4) is 71.3 Å². The molecule has 17 heteroatoms. The van der Waals surface area contributed by atoms with Crippen molar-refractivity contribution in [2.24, 2.45) is 0 Å². The van der Waals surface area contributed by atoms with E-state index in [0.717, 1.165) is 0 Å². The van der Waals surface area contributed by atoms with E-state index in [2.05, 4.69) is 301 Å². The van der Waals surface area contributed by atoms with Crippen LogP contribution >= 0.6 is 22.6 Å². The van der Waals surface area contributed by atoms with Gasteiger partial charge in [0.1, 0.15) is 34.5 Å². The van der Waals surface area contributed by atoms with Crippen LogP contribution in [0.3, 0.4) is 0 Å². The van der Waals surface area contributed by atoms with E-state index >= 15 is 0 Å². The molecule has 0 spiro atoms. The maximum Gasteiger partial charge on any atom is 0.306 e. The van der Waals surface area contributed by atoms with E-state index < -0.39 is 57.2 Å². The molecule has 4 aromatic rings. The van der Waals surface area contributed by atoms with Crippen molar-refractivity contribution in [1.82, 2.24) is 0 Å². The summed E-state index contributed by atoms with van der Waals surface area (Å²) in [7, 11) is -8.33. The van der Waals surface area contributed by atoms with Crippen LogP contribution in [0, 0.1) is 71.3 Å². The highest BCUT2D eigenvalue weighted by Crippen LogP contribution is 2.39. The Bertz CT molecular complexity index is 3730. The highest BCUT2D eigenvalue weighted by Gasteiger charge is 2.52. The third-order valence-electron chi connectivity index (χ3n) is 15.5. The van der Waals surface area contributed by atoms with Crippen LogP contribution in [0.25, 0.3) is 0 Å². The van der Waals surface area contributed by atoms with Crippen LogP contribution in [0.1, 0.15) is 160 Å². The molecule has 109 heavy (non-hydrogen) atoms. The number of aliphatic hydroxyl groups excluding tert-OH is 4. The largest absolute Gasteiger partial charge is 0.463 e. The smallest absolute Gasteiger partial charge is 0.306 e. The number of carbonyl (C=O) groups excluding carboxylic acids is 3. The normalized spacial score (nSPS) is 13.6. The molecule has 0 heterocycles. The minimum absolute atomic E-state index is 0.0485. The molecule has 0 unspecified atom stereocenters. The lowest BCUT2D eigenvalue weighted by atomic mass is 10.1. The van der Waals surface area contributed by atoms with E-state index in [4.69, 9.17) is 41.0 Å². The zero-order chi connectivity index (χ0) is 82.0. The quantitative estimate of drug-likeness (QED) is 0.00910. The van der Waals surface area contributed by atoms with Crippen LogP contribution < -0.4 is 20.7 Å². The van der Waals surface area contributed by atoms with Gasteiger partial charge in [0.2, 0.25) is 0 Å². The molecular weight excluding hydrogens is 1540 g/mol. The number of halogens is 1. The Labute approximate surface area is 675 Å². The highest BCUT2D eigenvalue weighted by molar-refractivity contribution is 14.1. The van der Waals surface area contributed by atoms with Crippen molar-refractivity contribution >= 4 is 94.0 Å². The van der Waals surface area contributed by atoms with E-state index in [1.165, 1.54) is 20.7 Å². The minimum atomic E-state index is -2.75. The van der Waals surface area contributed by atoms with Crippen molar-refractivity contribution in [1.29, 1.82) is 0 Å². The molecule has 0 aliphatic carbocycles. The number of benzene rings is 4. The maximum atomic E-state index is 11.7. The lowest BCUT2D eigenvalue weighted by molar-refractivity contribution is -0.148. The summed E-state index contributed by atoms with van der Waals surface area (Å²) >= 11 is 2.25. The third-order valence-corrected chi connectivity index (χ3v) is 27.9. The van der Waals surface area contributed by atoms with Crippen LogP contribution in [-0.2, 0) is 37.4 Å². The van der Waals surface area contributed by atoms with E-state index in [1.807, 2.05) is 36.2 Å². The predicted octanol–water partition coefficient (Wildman–Crippen LogP) is 16.6. The van der Waals surface area contributed by atoms with Crippen molar-refractivity contribution in [3.05, 3.63) is 192 Å². The summed E-state index contributed by atoms with van der Waals surface area (Å²) in [6.45, 7) is 38.2. The van der Waals surface area contributed by atoms with Crippen LogP contribution in [-0.4, -0.2) is 126 Å². The summed E-state index contributed by atoms with van der Waals surface area (Å²) in [5.74, 6) is 21.8. The second kappa shape index (κ2) is 54.1. The van der Waals surface area contributed by atoms with E-state index in [1.54, 1.807) is 58.1 Å². The van der Waals surface area contributed by atoms with E-state index in [0.29, 0.717) is 57.8 Å². The van der Waals surface area contributed by atoms with Gasteiger partial charge in [-0.1, -0.05) is 309 Å². The fourth-order valence-electron chi connectivity index (χ4n) is 10.8. The molecule has 0 bridgehead atoms. The lowest BCUT2D eigenvalue weighted by Crippen LogP contribution is -2.67. The number of hydrogen-bond acceptors (Lipinski definition) is 12. The molecule has 4 aromatic carbocycles. The molecule has 12 nitrogen and oxygen atoms in total. The van der Waals surface area contributed by atoms with Crippen molar-refractivity contribution in [2.45, 2.75) is 264 Å². The Morgan fingerprint density at radius 3 is 1.03 bits per heavy atom. The third kappa shape index (κ3) is 44.2. The van der Waals surface area contributed by atoms with Crippen molar-refractivity contribution in [2.75, 3.05) is 0 Å². The van der Waals surface area contributed by atoms with Gasteiger partial charge >= 0.3 is 17.9 Å². The van der Waals surface area contributed by atoms with Gasteiger partial charge in [0.15, 0.2) is 0 Å². The second-order valence-corrected chi connectivity index (χ2v) is 49.6. The van der Waals surface area contributed by atoms with Crippen molar-refractivity contribution < 1.29 is 57.9 Å². The Kier molecular flexibility index (Phi) is 49.4. The average molecular weight is 1660 g/mol. The molecule has 4 rings (SSSR count). The SMILES string of the molecule is C#CC[C@@H](O)/C=C/C=C/C#C[C@@H](O)CCCC(=O)OC(C)C.C#C[C@@H](O)CCCC(=O)OC(C)C.CC(C)(C)[Si](O[C@@H](/C=C/C=C/I)CC#C[Si](C)(C)C)(c1ccccc1)c1ccccc1.CC(C)OC(=O)CCC[C@H](O)C#C/C=C/C=C/[C@@H](CC#C[Si](C)(C)C)O[Si](c1ccccc1)(c1ccccc1)C(C)(C)C. The van der Waals surface area contributed by atoms with E-state index in [9.17, 15) is 29.7 Å². The van der Waals surface area contributed by atoms with Gasteiger partial charge in [-0.2, -0.15) is 0 Å². The predicted molar refractivity (Wildman–Crippen MR) is 472 cm³/mol. The number of ether oxygens (including phenoxy) is 3. The molecule has 6 atom stereocenters. The molecule has 0 saturated carbocycles. The molecule has 0 aliphatic rings. The van der Waals surface area contributed by atoms with Gasteiger partial charge in [-0.05, 0) is 127 Å². The Hall–Kier alpha value is -7.55. The summed E-state index contributed by atoms with van der Waals surface area (Å²) in [6, 6.07) is 42.9. The lowest BCUT2D eigenvalue weighted by Gasteiger charge is -2.44. The summed E-state index contributed by atoms with van der Waals surface area (Å²) in [6.07, 6.45) is 32.2. The molecule has 0 saturated heterocycles. The Balaban J connectivity index is 0.000000787. The topological polar surface area (TPSA) is 178 Å². The standard InChI is InChI=1S/C37H50O4Si2.C27H35IOSi2.C18H24O4.C10H16O3/c1-31(2)40-36(39)29-19-22-32(38)21-13-9-10-14-23-33(24-20-30-42(6,7)8)41-43(37(3,4)5,34-25-15-11-16-26-34)35-27-17-12-18-28-35;1-27(2,3)31(25-18-9-7-10-19-25,26-20-11-8-12-21-26)29-24(16-13-14-22-28)17-15-23-30(4,5)6;1-4-10-16(19)11-7-5-6-8-12-17(20)13-9-14-18(21)22-15(2)3;1-4-9(11)6-5-7-10(12)13-8(2)3/h9-12,14-18,23,25-28,31-33,38H,19,22,24,29H2,1-8H3;7-14,16,18-22,24H,17H2,1-6H3;1,5-7,11,15-17,19-20H,9-10,13-14H2,2-3H3;1,8-9,11H,5-7H2,2-3H3/b10-9+,23-14+;16-13+,22-14+;6-5+,11-7+;/t32-,33+;24-;16-,17-;9-/m1011/s1. The number of allylic oxidation sites excluding steroid dienone is 8. The molecule has 0 fully saturated rings. The molecule has 0 aliphatic heterocycles. The number of rotatable bonds is 32. The fraction of sp³-hybridized carbons (Fsp3) is 0.446. The monoisotopic (exact) mass is 1660 g/mol. The van der Waals surface area contributed by atoms with Gasteiger partial charge < -0.3 is 43.5 Å². The van der Waals surface area contributed by atoms with Crippen LogP contribution in [0.4, 0.5) is 0 Å². The number of esters is 3. The van der Waals surface area contributed by atoms with Gasteiger partial charge in [-0.15, -0.1) is 41.7 Å². The first-order valence-corrected chi connectivity index (χ1v) is 49.8. The first kappa shape index (κ1) is 99.5. The summed E-state index contributed by atoms with van der Waals surface area (Å²) in [5.41, 5.74) is 7.02. The van der Waals surface area contributed by atoms with Gasteiger partial charge in [0.25, 0.3) is 16.6 Å². The fourth-order valence-corrected chi connectivity index (χ4v) is 21.5. The Morgan fingerprint density at radius 1 is 0.450 bits per heavy atom. The van der Waals surface area contributed by atoms with Gasteiger partial charge in [0.05, 0.1) is 36.6 Å². The number of terminal acetylenes is 2. The molecule has 0 radical (unpaired) electrons. The zero-order valence-electron chi connectivity index (χ0n) is 68.2. The zero-order valence-corrected chi connectivity index (χ0v) is 74.4. The van der Waals surface area contributed by atoms with Gasteiger partial charge in [-0.3, -0.25) is 14.4 Å². The number of carbonyl (C=O) groups is 3. The molecule has 588 valence electrons. The first-order valence-electron chi connectivity index (χ1n) is 37.8. The van der Waals surface area contributed by atoms with Crippen molar-refractivity contribution in [3.63, 3.8) is 0 Å². The molecule has 4 N–H and O–H groups in total. The van der Waals surface area contributed by atoms with Gasteiger partial charge in [-0.25, -0.2) is 0 Å².